The normalized spacial score (nSPS) is 12.2. The lowest BCUT2D eigenvalue weighted by Crippen LogP contribution is -2.39. The van der Waals surface area contributed by atoms with Gasteiger partial charge in [-0.2, -0.15) is 0 Å². The average molecular weight is 288 g/mol. The van der Waals surface area contributed by atoms with E-state index in [9.17, 15) is 4.39 Å². The van der Waals surface area contributed by atoms with Crippen LogP contribution >= 0.6 is 15.9 Å². The maximum Gasteiger partial charge on any atom is 0.137 e. The van der Waals surface area contributed by atoms with E-state index in [1.54, 1.807) is 0 Å². The first-order valence-electron chi connectivity index (χ1n) is 5.52. The molecule has 0 aliphatic carbocycles. The van der Waals surface area contributed by atoms with E-state index in [-0.39, 0.29) is 11.4 Å². The molecule has 0 aliphatic rings. The Morgan fingerprint density at radius 3 is 2.50 bits per heavy atom. The molecule has 1 aromatic carbocycles. The second kappa shape index (κ2) is 5.28. The van der Waals surface area contributed by atoms with Crippen molar-refractivity contribution in [3.05, 3.63) is 34.1 Å². The van der Waals surface area contributed by atoms with Crippen LogP contribution in [0.4, 0.5) is 4.39 Å². The van der Waals surface area contributed by atoms with Crippen LogP contribution in [0.15, 0.2) is 22.7 Å². The molecule has 0 saturated heterocycles. The quantitative estimate of drug-likeness (QED) is 0.802. The van der Waals surface area contributed by atoms with E-state index in [1.807, 2.05) is 12.1 Å². The molecule has 0 N–H and O–H groups in total. The summed E-state index contributed by atoms with van der Waals surface area (Å²) >= 11 is 3.21. The van der Waals surface area contributed by atoms with Gasteiger partial charge >= 0.3 is 0 Å². The van der Waals surface area contributed by atoms with Crippen molar-refractivity contribution < 1.29 is 4.39 Å². The molecule has 0 fully saturated rings. The maximum absolute atomic E-state index is 13.1. The summed E-state index contributed by atoms with van der Waals surface area (Å²) in [6.07, 6.45) is 1.09. The van der Waals surface area contributed by atoms with Crippen LogP contribution in [0.25, 0.3) is 0 Å². The first kappa shape index (κ1) is 13.7. The lowest BCUT2D eigenvalue weighted by molar-refractivity contribution is 0.143. The lowest BCUT2D eigenvalue weighted by atomic mass is 9.99. The molecule has 1 rings (SSSR count). The van der Waals surface area contributed by atoms with Crippen LogP contribution in [0.1, 0.15) is 32.8 Å². The van der Waals surface area contributed by atoms with E-state index in [1.165, 1.54) is 6.07 Å². The molecule has 0 amide bonds. The van der Waals surface area contributed by atoms with E-state index >= 15 is 0 Å². The first-order valence-corrected chi connectivity index (χ1v) is 6.31. The van der Waals surface area contributed by atoms with Crippen LogP contribution in [-0.4, -0.2) is 17.5 Å². The summed E-state index contributed by atoms with van der Waals surface area (Å²) < 4.78 is 13.6. The van der Waals surface area contributed by atoms with Gasteiger partial charge in [0.2, 0.25) is 0 Å². The third-order valence-corrected chi connectivity index (χ3v) is 3.91. The Kier molecular flexibility index (Phi) is 4.51. The highest BCUT2D eigenvalue weighted by molar-refractivity contribution is 9.10. The molecule has 0 radical (unpaired) electrons. The summed E-state index contributed by atoms with van der Waals surface area (Å²) in [7, 11) is 2.10. The number of nitrogens with zero attached hydrogens (tertiary/aromatic N) is 1. The number of hydrogen-bond donors (Lipinski definition) is 0. The van der Waals surface area contributed by atoms with Crippen molar-refractivity contribution in [1.29, 1.82) is 0 Å². The second-order valence-electron chi connectivity index (χ2n) is 4.77. The fourth-order valence-corrected chi connectivity index (χ4v) is 1.82. The molecule has 3 heteroatoms. The molecule has 0 heterocycles. The Bertz CT molecular complexity index is 363. The highest BCUT2D eigenvalue weighted by atomic mass is 79.9. The molecule has 90 valence electrons. The minimum absolute atomic E-state index is 0.168. The van der Waals surface area contributed by atoms with Gasteiger partial charge in [0.15, 0.2) is 0 Å². The number of halogens is 2. The van der Waals surface area contributed by atoms with Gasteiger partial charge in [0.1, 0.15) is 5.82 Å². The Hall–Kier alpha value is -0.410. The predicted molar refractivity (Wildman–Crippen MR) is 69.9 cm³/mol. The summed E-state index contributed by atoms with van der Waals surface area (Å²) in [5.41, 5.74) is 1.29. The van der Waals surface area contributed by atoms with Crippen molar-refractivity contribution in [1.82, 2.24) is 4.90 Å². The van der Waals surface area contributed by atoms with Crippen LogP contribution in [0.2, 0.25) is 0 Å². The van der Waals surface area contributed by atoms with Crippen molar-refractivity contribution in [2.24, 2.45) is 0 Å². The molecule has 16 heavy (non-hydrogen) atoms. The van der Waals surface area contributed by atoms with Crippen LogP contribution in [-0.2, 0) is 6.54 Å². The van der Waals surface area contributed by atoms with Crippen molar-refractivity contribution in [3.8, 4) is 0 Å². The minimum atomic E-state index is -0.207. The lowest BCUT2D eigenvalue weighted by Gasteiger charge is -2.34. The molecule has 0 aromatic heterocycles. The Morgan fingerprint density at radius 1 is 1.38 bits per heavy atom. The number of benzene rings is 1. The maximum atomic E-state index is 13.1. The molecule has 0 spiro atoms. The third kappa shape index (κ3) is 3.29. The Balaban J connectivity index is 2.77. The van der Waals surface area contributed by atoms with Crippen molar-refractivity contribution in [3.63, 3.8) is 0 Å². The number of hydrogen-bond acceptors (Lipinski definition) is 1. The van der Waals surface area contributed by atoms with E-state index in [2.05, 4.69) is 48.6 Å². The second-order valence-corrected chi connectivity index (χ2v) is 5.62. The molecule has 0 atom stereocenters. The summed E-state index contributed by atoms with van der Waals surface area (Å²) in [5, 5.41) is 0. The van der Waals surface area contributed by atoms with Crippen LogP contribution in [0.3, 0.4) is 0 Å². The topological polar surface area (TPSA) is 3.24 Å². The Morgan fingerprint density at radius 2 is 2.00 bits per heavy atom. The van der Waals surface area contributed by atoms with Gasteiger partial charge in [-0.3, -0.25) is 4.90 Å². The van der Waals surface area contributed by atoms with Gasteiger partial charge in [-0.05, 0) is 60.9 Å². The largest absolute Gasteiger partial charge is 0.297 e. The van der Waals surface area contributed by atoms with E-state index in [0.29, 0.717) is 4.47 Å². The van der Waals surface area contributed by atoms with Crippen molar-refractivity contribution in [2.45, 2.75) is 39.3 Å². The molecule has 0 bridgehead atoms. The molecule has 0 unspecified atom stereocenters. The van der Waals surface area contributed by atoms with Crippen LogP contribution < -0.4 is 0 Å². The van der Waals surface area contributed by atoms with Gasteiger partial charge in [-0.25, -0.2) is 4.39 Å². The van der Waals surface area contributed by atoms with Gasteiger partial charge < -0.3 is 0 Å². The predicted octanol–water partition coefficient (Wildman–Crippen LogP) is 4.21. The van der Waals surface area contributed by atoms with Gasteiger partial charge in [-0.1, -0.05) is 13.0 Å². The molecule has 1 aromatic rings. The fraction of sp³-hybridized carbons (Fsp3) is 0.538. The van der Waals surface area contributed by atoms with Crippen LogP contribution in [0, 0.1) is 5.82 Å². The molecule has 0 saturated carbocycles. The minimum Gasteiger partial charge on any atom is -0.297 e. The standard InChI is InChI=1S/C13H19BrFN/c1-5-13(2,3)16(4)9-10-6-7-12(15)11(14)8-10/h6-8H,5,9H2,1-4H3. The summed E-state index contributed by atoms with van der Waals surface area (Å²) in [4.78, 5) is 2.28. The van der Waals surface area contributed by atoms with Crippen molar-refractivity contribution in [2.75, 3.05) is 7.05 Å². The van der Waals surface area contributed by atoms with E-state index in [0.717, 1.165) is 18.5 Å². The molecular weight excluding hydrogens is 269 g/mol. The van der Waals surface area contributed by atoms with Crippen LogP contribution in [0.5, 0.6) is 0 Å². The van der Waals surface area contributed by atoms with E-state index < -0.39 is 0 Å². The average Bonchev–Trinajstić information content (AvgIpc) is 2.23. The van der Waals surface area contributed by atoms with Gasteiger partial charge in [0.05, 0.1) is 4.47 Å². The highest BCUT2D eigenvalue weighted by Crippen LogP contribution is 2.22. The molecule has 1 nitrogen and oxygen atoms in total. The van der Waals surface area contributed by atoms with Gasteiger partial charge in [0.25, 0.3) is 0 Å². The highest BCUT2D eigenvalue weighted by Gasteiger charge is 2.20. The fourth-order valence-electron chi connectivity index (χ4n) is 1.40. The molecule has 0 aliphatic heterocycles. The molecular formula is C13H19BrFN. The first-order chi connectivity index (χ1) is 7.36. The van der Waals surface area contributed by atoms with E-state index in [4.69, 9.17) is 0 Å². The van der Waals surface area contributed by atoms with Gasteiger partial charge in [0, 0.05) is 12.1 Å². The zero-order valence-corrected chi connectivity index (χ0v) is 11.9. The Labute approximate surface area is 106 Å². The summed E-state index contributed by atoms with van der Waals surface area (Å²) in [6.45, 7) is 7.44. The monoisotopic (exact) mass is 287 g/mol. The van der Waals surface area contributed by atoms with Gasteiger partial charge in [-0.15, -0.1) is 0 Å². The summed E-state index contributed by atoms with van der Waals surface area (Å²) in [6, 6.07) is 5.19. The third-order valence-electron chi connectivity index (χ3n) is 3.30. The van der Waals surface area contributed by atoms with Crippen molar-refractivity contribution >= 4 is 15.9 Å². The number of rotatable bonds is 4. The zero-order chi connectivity index (χ0) is 12.3. The summed E-state index contributed by atoms with van der Waals surface area (Å²) in [5.74, 6) is -0.207. The smallest absolute Gasteiger partial charge is 0.137 e. The SMILES string of the molecule is CCC(C)(C)N(C)Cc1ccc(F)c(Br)c1. The zero-order valence-electron chi connectivity index (χ0n) is 10.3.